The molecule has 2 aliphatic rings. The molecular weight excluding hydrogens is 509 g/mol. The molecule has 0 bridgehead atoms. The lowest BCUT2D eigenvalue weighted by molar-refractivity contribution is -0.136. The zero-order valence-corrected chi connectivity index (χ0v) is 22.0. The summed E-state index contributed by atoms with van der Waals surface area (Å²) in [6.45, 7) is 5.33. The number of alkyl halides is 3. The van der Waals surface area contributed by atoms with Crippen LogP contribution in [-0.2, 0) is 36.3 Å². The second-order valence-corrected chi connectivity index (χ2v) is 11.1. The van der Waals surface area contributed by atoms with Gasteiger partial charge in [-0.15, -0.1) is 10.2 Å². The van der Waals surface area contributed by atoms with Crippen molar-refractivity contribution in [3.8, 4) is 5.69 Å². The van der Waals surface area contributed by atoms with Crippen molar-refractivity contribution < 1.29 is 17.9 Å². The molecule has 1 atom stereocenters. The maximum Gasteiger partial charge on any atom is 0.418 e. The fraction of sp³-hybridized carbons (Fsp3) is 0.464. The van der Waals surface area contributed by atoms with Gasteiger partial charge in [0, 0.05) is 54.9 Å². The van der Waals surface area contributed by atoms with E-state index < -0.39 is 22.7 Å². The van der Waals surface area contributed by atoms with E-state index in [1.165, 1.54) is 6.07 Å². The van der Waals surface area contributed by atoms with Crippen LogP contribution in [0.1, 0.15) is 42.4 Å². The van der Waals surface area contributed by atoms with Crippen LogP contribution >= 0.6 is 0 Å². The number of aromatic nitrogens is 5. The van der Waals surface area contributed by atoms with Crippen molar-refractivity contribution in [3.63, 3.8) is 0 Å². The van der Waals surface area contributed by atoms with Crippen LogP contribution in [0.25, 0.3) is 16.6 Å². The van der Waals surface area contributed by atoms with Crippen LogP contribution in [0.15, 0.2) is 47.7 Å². The second-order valence-electron chi connectivity index (χ2n) is 11.1. The number of halogens is 3. The molecule has 8 nitrogen and oxygen atoms in total. The van der Waals surface area contributed by atoms with E-state index in [0.717, 1.165) is 48.1 Å². The number of pyridine rings is 1. The summed E-state index contributed by atoms with van der Waals surface area (Å²) in [4.78, 5) is 18.9. The van der Waals surface area contributed by atoms with Gasteiger partial charge in [-0.25, -0.2) is 0 Å². The number of nitrogens with zero attached hydrogens (tertiary/aromatic N) is 5. The Hall–Kier alpha value is -3.44. The maximum atomic E-state index is 14.3. The monoisotopic (exact) mass is 540 g/mol. The molecule has 0 radical (unpaired) electrons. The summed E-state index contributed by atoms with van der Waals surface area (Å²) in [5.74, 6) is 1.32. The van der Waals surface area contributed by atoms with E-state index in [-0.39, 0.29) is 10.9 Å². The normalized spacial score (nSPS) is 19.9. The Bertz CT molecular complexity index is 1570. The second kappa shape index (κ2) is 9.63. The number of piperidine rings is 1. The summed E-state index contributed by atoms with van der Waals surface area (Å²) in [6, 6.07) is 8.61. The summed E-state index contributed by atoms with van der Waals surface area (Å²) in [5.41, 5.74) is 0.0796. The molecule has 5 heterocycles. The first-order chi connectivity index (χ1) is 18.6. The van der Waals surface area contributed by atoms with Gasteiger partial charge in [0.2, 0.25) is 0 Å². The van der Waals surface area contributed by atoms with E-state index in [4.69, 9.17) is 4.74 Å². The van der Waals surface area contributed by atoms with Crippen molar-refractivity contribution in [1.82, 2.24) is 29.2 Å². The molecular formula is C28H31F3N6O2. The Morgan fingerprint density at radius 2 is 2.05 bits per heavy atom. The SMILES string of the molecule is C[C@H]1CCCN(Cc2cc3c(C(F)(F)F)cn(-c4cccc(C5(Cc6nncn6C)COC5)c4)c(=O)c3[nH]2)C1. The third-order valence-corrected chi connectivity index (χ3v) is 8.09. The molecule has 11 heteroatoms. The maximum absolute atomic E-state index is 14.3. The average molecular weight is 541 g/mol. The smallest absolute Gasteiger partial charge is 0.379 e. The number of aromatic amines is 1. The number of likely N-dealkylation sites (tertiary alicyclic amines) is 1. The van der Waals surface area contributed by atoms with Crippen molar-refractivity contribution in [2.45, 2.75) is 44.3 Å². The molecule has 1 N–H and O–H groups in total. The van der Waals surface area contributed by atoms with Gasteiger partial charge in [0.1, 0.15) is 17.7 Å². The number of nitrogens with one attached hydrogen (secondary N) is 1. The molecule has 6 rings (SSSR count). The standard InChI is InChI=1S/C28H31F3N6O2/c1-18-5-4-8-36(12-18)13-20-10-22-23(28(29,30)31)14-37(26(38)25(22)33-20)21-7-3-6-19(9-21)27(15-39-16-27)11-24-34-32-17-35(24)2/h3,6-7,9-10,14,17-18,33H,4-5,8,11-13,15-16H2,1-2H3/t18-/m0/s1. The Kier molecular flexibility index (Phi) is 6.38. The van der Waals surface area contributed by atoms with Gasteiger partial charge in [-0.1, -0.05) is 19.1 Å². The van der Waals surface area contributed by atoms with Gasteiger partial charge >= 0.3 is 6.18 Å². The third kappa shape index (κ3) is 4.78. The number of H-pyrrole nitrogens is 1. The highest BCUT2D eigenvalue weighted by Crippen LogP contribution is 2.38. The highest BCUT2D eigenvalue weighted by molar-refractivity contribution is 5.84. The number of fused-ring (bicyclic) bond motifs is 1. The summed E-state index contributed by atoms with van der Waals surface area (Å²) >= 11 is 0. The summed E-state index contributed by atoms with van der Waals surface area (Å²) in [6.07, 6.45) is 0.695. The first kappa shape index (κ1) is 25.8. The van der Waals surface area contributed by atoms with Gasteiger partial charge in [0.25, 0.3) is 5.56 Å². The van der Waals surface area contributed by atoms with E-state index in [1.807, 2.05) is 17.7 Å². The van der Waals surface area contributed by atoms with Gasteiger partial charge < -0.3 is 14.3 Å². The van der Waals surface area contributed by atoms with E-state index >= 15 is 0 Å². The molecule has 1 aromatic carbocycles. The van der Waals surface area contributed by atoms with Gasteiger partial charge in [-0.3, -0.25) is 14.3 Å². The minimum atomic E-state index is -4.63. The molecule has 2 aliphatic heterocycles. The van der Waals surface area contributed by atoms with E-state index in [9.17, 15) is 18.0 Å². The van der Waals surface area contributed by atoms with Crippen LogP contribution < -0.4 is 5.56 Å². The number of benzene rings is 1. The van der Waals surface area contributed by atoms with Gasteiger partial charge in [-0.2, -0.15) is 13.2 Å². The van der Waals surface area contributed by atoms with Crippen LogP contribution in [0.5, 0.6) is 0 Å². The first-order valence-electron chi connectivity index (χ1n) is 13.2. The fourth-order valence-electron chi connectivity index (χ4n) is 5.92. The zero-order valence-electron chi connectivity index (χ0n) is 22.0. The summed E-state index contributed by atoms with van der Waals surface area (Å²) < 4.78 is 51.3. The van der Waals surface area contributed by atoms with Crippen molar-refractivity contribution in [3.05, 3.63) is 75.9 Å². The Morgan fingerprint density at radius 1 is 1.23 bits per heavy atom. The van der Waals surface area contributed by atoms with Crippen molar-refractivity contribution in [2.75, 3.05) is 26.3 Å². The third-order valence-electron chi connectivity index (χ3n) is 8.09. The van der Waals surface area contributed by atoms with E-state index in [2.05, 4.69) is 27.0 Å². The number of aryl methyl sites for hydroxylation is 1. The summed E-state index contributed by atoms with van der Waals surface area (Å²) in [5, 5.41) is 8.05. The lowest BCUT2D eigenvalue weighted by atomic mass is 9.75. The minimum Gasteiger partial charge on any atom is -0.379 e. The molecule has 0 spiro atoms. The number of ether oxygens (including phenoxy) is 1. The van der Waals surface area contributed by atoms with Gasteiger partial charge in [-0.05, 0) is 49.1 Å². The highest BCUT2D eigenvalue weighted by Gasteiger charge is 2.42. The van der Waals surface area contributed by atoms with Crippen LogP contribution in [0.4, 0.5) is 13.2 Å². The van der Waals surface area contributed by atoms with Crippen molar-refractivity contribution >= 4 is 10.9 Å². The predicted octanol–water partition coefficient (Wildman–Crippen LogP) is 4.21. The Morgan fingerprint density at radius 3 is 2.72 bits per heavy atom. The molecule has 3 aromatic heterocycles. The topological polar surface area (TPSA) is 81.0 Å². The fourth-order valence-corrected chi connectivity index (χ4v) is 5.92. The Labute approximate surface area is 223 Å². The molecule has 4 aromatic rings. The predicted molar refractivity (Wildman–Crippen MR) is 140 cm³/mol. The van der Waals surface area contributed by atoms with Crippen LogP contribution in [0.2, 0.25) is 0 Å². The van der Waals surface area contributed by atoms with E-state index in [0.29, 0.717) is 43.5 Å². The number of hydrogen-bond acceptors (Lipinski definition) is 5. The molecule has 206 valence electrons. The van der Waals surface area contributed by atoms with Crippen molar-refractivity contribution in [2.24, 2.45) is 13.0 Å². The van der Waals surface area contributed by atoms with Crippen LogP contribution in [0, 0.1) is 5.92 Å². The zero-order chi connectivity index (χ0) is 27.4. The lowest BCUT2D eigenvalue weighted by Gasteiger charge is -2.41. The van der Waals surface area contributed by atoms with Gasteiger partial charge in [0.15, 0.2) is 0 Å². The van der Waals surface area contributed by atoms with Crippen molar-refractivity contribution in [1.29, 1.82) is 0 Å². The molecule has 39 heavy (non-hydrogen) atoms. The molecule has 0 saturated carbocycles. The molecule has 2 saturated heterocycles. The number of hydrogen-bond donors (Lipinski definition) is 1. The summed E-state index contributed by atoms with van der Waals surface area (Å²) in [7, 11) is 1.86. The van der Waals surface area contributed by atoms with E-state index in [1.54, 1.807) is 24.5 Å². The van der Waals surface area contributed by atoms with Crippen LogP contribution in [0.3, 0.4) is 0 Å². The largest absolute Gasteiger partial charge is 0.418 e. The van der Waals surface area contributed by atoms with Gasteiger partial charge in [0.05, 0.1) is 18.8 Å². The Balaban J connectivity index is 1.41. The molecule has 2 fully saturated rings. The minimum absolute atomic E-state index is 0.0314. The first-order valence-corrected chi connectivity index (χ1v) is 13.2. The molecule has 0 amide bonds. The quantitative estimate of drug-likeness (QED) is 0.396. The molecule has 0 unspecified atom stereocenters. The lowest BCUT2D eigenvalue weighted by Crippen LogP contribution is -2.49. The molecule has 0 aliphatic carbocycles. The van der Waals surface area contributed by atoms with Crippen LogP contribution in [-0.4, -0.2) is 55.5 Å². The highest BCUT2D eigenvalue weighted by atomic mass is 19.4. The number of rotatable bonds is 6. The average Bonchev–Trinajstić information content (AvgIpc) is 3.47.